The van der Waals surface area contributed by atoms with Crippen LogP contribution in [0.2, 0.25) is 5.02 Å². The smallest absolute Gasteiger partial charge is 0.244 e. The number of piperidine rings is 1. The van der Waals surface area contributed by atoms with Crippen molar-refractivity contribution in [1.29, 1.82) is 0 Å². The van der Waals surface area contributed by atoms with Crippen LogP contribution in [0.4, 0.5) is 5.82 Å². The van der Waals surface area contributed by atoms with Crippen molar-refractivity contribution < 1.29 is 21.6 Å². The molecule has 0 radical (unpaired) electrons. The molecule has 8 nitrogen and oxygen atoms in total. The van der Waals surface area contributed by atoms with E-state index in [4.69, 9.17) is 11.6 Å². The van der Waals surface area contributed by atoms with E-state index in [-0.39, 0.29) is 28.8 Å². The third-order valence-corrected chi connectivity index (χ3v) is 8.03. The van der Waals surface area contributed by atoms with E-state index in [1.165, 1.54) is 34.8 Å². The first-order chi connectivity index (χ1) is 13.6. The normalized spacial score (nSPS) is 18.3. The molecule has 1 aliphatic heterocycles. The highest BCUT2D eigenvalue weighted by Crippen LogP contribution is 2.28. The van der Waals surface area contributed by atoms with Gasteiger partial charge in [-0.25, -0.2) is 21.8 Å². The number of sulfone groups is 1. The number of carbonyl (C=O) groups is 1. The van der Waals surface area contributed by atoms with E-state index in [1.54, 1.807) is 12.1 Å². The number of benzene rings is 1. The Morgan fingerprint density at radius 1 is 1.14 bits per heavy atom. The van der Waals surface area contributed by atoms with Gasteiger partial charge in [0.15, 0.2) is 9.84 Å². The van der Waals surface area contributed by atoms with Gasteiger partial charge in [0.2, 0.25) is 15.9 Å². The number of hydrogen-bond donors (Lipinski definition) is 1. The van der Waals surface area contributed by atoms with Crippen LogP contribution in [-0.4, -0.2) is 51.4 Å². The number of amides is 1. The highest BCUT2D eigenvalue weighted by atomic mass is 35.5. The molecule has 2 aromatic rings. The summed E-state index contributed by atoms with van der Waals surface area (Å²) >= 11 is 5.78. The Kier molecular flexibility index (Phi) is 6.27. The van der Waals surface area contributed by atoms with Crippen LogP contribution in [0.5, 0.6) is 0 Å². The number of hydrogen-bond acceptors (Lipinski definition) is 6. The van der Waals surface area contributed by atoms with E-state index in [0.717, 1.165) is 6.26 Å². The Balaban J connectivity index is 1.81. The maximum atomic E-state index is 13.1. The average molecular weight is 458 g/mol. The molecule has 1 atom stereocenters. The zero-order valence-corrected chi connectivity index (χ0v) is 18.0. The first-order valence-corrected chi connectivity index (χ1v) is 12.5. The van der Waals surface area contributed by atoms with Crippen molar-refractivity contribution in [3.63, 3.8) is 0 Å². The Morgan fingerprint density at radius 2 is 1.83 bits per heavy atom. The zero-order valence-electron chi connectivity index (χ0n) is 15.6. The van der Waals surface area contributed by atoms with E-state index in [1.807, 2.05) is 0 Å². The van der Waals surface area contributed by atoms with Crippen LogP contribution in [0.25, 0.3) is 0 Å². The maximum absolute atomic E-state index is 13.1. The van der Waals surface area contributed by atoms with Crippen LogP contribution in [0.15, 0.2) is 52.4 Å². The first kappa shape index (κ1) is 21.7. The van der Waals surface area contributed by atoms with Gasteiger partial charge < -0.3 is 5.32 Å². The van der Waals surface area contributed by atoms with Crippen molar-refractivity contribution in [3.05, 3.63) is 47.6 Å². The molecule has 1 N–H and O–H groups in total. The Hall–Kier alpha value is -2.01. The van der Waals surface area contributed by atoms with Gasteiger partial charge in [-0.15, -0.1) is 0 Å². The molecule has 0 saturated carbocycles. The second-order valence-electron chi connectivity index (χ2n) is 6.77. The van der Waals surface area contributed by atoms with Crippen molar-refractivity contribution in [2.45, 2.75) is 22.6 Å². The highest BCUT2D eigenvalue weighted by Gasteiger charge is 2.35. The highest BCUT2D eigenvalue weighted by molar-refractivity contribution is 7.93. The lowest BCUT2D eigenvalue weighted by Crippen LogP contribution is -2.44. The number of sulfonamides is 1. The van der Waals surface area contributed by atoms with E-state index in [0.29, 0.717) is 23.7 Å². The summed E-state index contributed by atoms with van der Waals surface area (Å²) in [4.78, 5) is 16.1. The molecule has 3 rings (SSSR count). The summed E-state index contributed by atoms with van der Waals surface area (Å²) in [5.41, 5.74) is 0. The minimum absolute atomic E-state index is 0.0418. The van der Waals surface area contributed by atoms with Crippen LogP contribution >= 0.6 is 11.6 Å². The quantitative estimate of drug-likeness (QED) is 0.736. The minimum Gasteiger partial charge on any atom is -0.310 e. The van der Waals surface area contributed by atoms with Crippen LogP contribution in [0, 0.1) is 5.92 Å². The molecule has 1 fully saturated rings. The second-order valence-corrected chi connectivity index (χ2v) is 11.1. The van der Waals surface area contributed by atoms with Gasteiger partial charge >= 0.3 is 0 Å². The van der Waals surface area contributed by atoms with Gasteiger partial charge in [0, 0.05) is 25.5 Å². The fourth-order valence-corrected chi connectivity index (χ4v) is 6.40. The molecule has 0 aliphatic carbocycles. The molecule has 1 amide bonds. The lowest BCUT2D eigenvalue weighted by Gasteiger charge is -2.31. The molecule has 1 aliphatic rings. The summed E-state index contributed by atoms with van der Waals surface area (Å²) in [5.74, 6) is -0.612. The summed E-state index contributed by atoms with van der Waals surface area (Å²) in [6.45, 7) is 0.170. The number of rotatable bonds is 5. The van der Waals surface area contributed by atoms with Crippen LogP contribution in [0.3, 0.4) is 0 Å². The van der Waals surface area contributed by atoms with Crippen molar-refractivity contribution in [1.82, 2.24) is 9.29 Å². The van der Waals surface area contributed by atoms with Gasteiger partial charge in [-0.3, -0.25) is 4.79 Å². The molecule has 1 unspecified atom stereocenters. The number of halogens is 1. The number of aromatic nitrogens is 1. The van der Waals surface area contributed by atoms with Crippen LogP contribution < -0.4 is 5.32 Å². The summed E-state index contributed by atoms with van der Waals surface area (Å²) < 4.78 is 51.4. The van der Waals surface area contributed by atoms with Crippen molar-refractivity contribution >= 4 is 43.2 Å². The van der Waals surface area contributed by atoms with Gasteiger partial charge in [-0.1, -0.05) is 23.7 Å². The van der Waals surface area contributed by atoms with Gasteiger partial charge in [0.1, 0.15) is 10.7 Å². The van der Waals surface area contributed by atoms with Crippen molar-refractivity contribution in [3.8, 4) is 0 Å². The number of pyridine rings is 1. The Labute approximate surface area is 174 Å². The number of nitrogens with zero attached hydrogens (tertiary/aromatic N) is 2. The molecule has 1 saturated heterocycles. The van der Waals surface area contributed by atoms with E-state index in [2.05, 4.69) is 10.3 Å². The minimum atomic E-state index is -4.08. The van der Waals surface area contributed by atoms with Gasteiger partial charge in [0.25, 0.3) is 0 Å². The number of nitrogens with one attached hydrogen (secondary N) is 1. The molecule has 2 heterocycles. The average Bonchev–Trinajstić information content (AvgIpc) is 2.69. The lowest BCUT2D eigenvalue weighted by atomic mass is 9.99. The molecule has 0 spiro atoms. The molecule has 156 valence electrons. The fourth-order valence-electron chi connectivity index (χ4n) is 3.16. The van der Waals surface area contributed by atoms with Gasteiger partial charge in [-0.2, -0.15) is 4.31 Å². The van der Waals surface area contributed by atoms with Crippen molar-refractivity contribution in [2.75, 3.05) is 24.7 Å². The lowest BCUT2D eigenvalue weighted by molar-refractivity contribution is -0.120. The van der Waals surface area contributed by atoms with E-state index < -0.39 is 25.8 Å². The number of anilines is 1. The monoisotopic (exact) mass is 457 g/mol. The standard InChI is InChI=1S/C18H20ClN3O5S2/c1-28(24,25)15-6-2-3-7-16(15)29(26,27)22-10-4-5-13(12-22)18(23)21-17-9-8-14(19)11-20-17/h2-3,6-9,11,13H,4-5,10,12H2,1H3,(H,20,21,23). The molecule has 0 bridgehead atoms. The summed E-state index contributed by atoms with van der Waals surface area (Å²) in [5, 5.41) is 3.09. The second kappa shape index (κ2) is 8.39. The molecule has 11 heteroatoms. The molecule has 1 aromatic heterocycles. The van der Waals surface area contributed by atoms with Crippen molar-refractivity contribution in [2.24, 2.45) is 5.92 Å². The van der Waals surface area contributed by atoms with Crippen LogP contribution in [-0.2, 0) is 24.7 Å². The predicted molar refractivity (Wildman–Crippen MR) is 109 cm³/mol. The first-order valence-electron chi connectivity index (χ1n) is 8.80. The SMILES string of the molecule is CS(=O)(=O)c1ccccc1S(=O)(=O)N1CCCC(C(=O)Nc2ccc(Cl)cn2)C1. The Bertz CT molecular complexity index is 1120. The molecule has 1 aromatic carbocycles. The largest absolute Gasteiger partial charge is 0.310 e. The summed E-state index contributed by atoms with van der Waals surface area (Å²) in [7, 11) is -7.81. The molecule has 29 heavy (non-hydrogen) atoms. The number of carbonyl (C=O) groups excluding carboxylic acids is 1. The third-order valence-electron chi connectivity index (χ3n) is 4.60. The molecular formula is C18H20ClN3O5S2. The maximum Gasteiger partial charge on any atom is 0.244 e. The topological polar surface area (TPSA) is 114 Å². The predicted octanol–water partition coefficient (Wildman–Crippen LogP) is 2.18. The Morgan fingerprint density at radius 3 is 2.45 bits per heavy atom. The van der Waals surface area contributed by atoms with Gasteiger partial charge in [-0.05, 0) is 37.1 Å². The van der Waals surface area contributed by atoms with E-state index >= 15 is 0 Å². The summed E-state index contributed by atoms with van der Waals surface area (Å²) in [6, 6.07) is 8.63. The molecular weight excluding hydrogens is 438 g/mol. The van der Waals surface area contributed by atoms with Gasteiger partial charge in [0.05, 0.1) is 15.8 Å². The van der Waals surface area contributed by atoms with Crippen LogP contribution in [0.1, 0.15) is 12.8 Å². The van der Waals surface area contributed by atoms with E-state index in [9.17, 15) is 21.6 Å². The third kappa shape index (κ3) is 4.95. The zero-order chi connectivity index (χ0) is 21.2. The summed E-state index contributed by atoms with van der Waals surface area (Å²) in [6.07, 6.45) is 3.36. The fraction of sp³-hybridized carbons (Fsp3) is 0.333.